The van der Waals surface area contributed by atoms with Crippen molar-refractivity contribution in [3.63, 3.8) is 0 Å². The predicted octanol–water partition coefficient (Wildman–Crippen LogP) is 2.78. The molecule has 0 aliphatic carbocycles. The Bertz CT molecular complexity index is 608. The van der Waals surface area contributed by atoms with Crippen molar-refractivity contribution in [3.05, 3.63) is 27.9 Å². The Labute approximate surface area is 130 Å². The van der Waals surface area contributed by atoms with Gasteiger partial charge in [0.2, 0.25) is 5.91 Å². The number of rotatable bonds is 7. The molecule has 0 saturated carbocycles. The van der Waals surface area contributed by atoms with Crippen LogP contribution in [0.1, 0.15) is 25.5 Å². The monoisotopic (exact) mass is 324 g/mol. The van der Waals surface area contributed by atoms with E-state index in [2.05, 4.69) is 10.3 Å². The molecule has 1 atom stereocenters. The Hall–Kier alpha value is -1.73. The molecule has 0 radical (unpaired) electrons. The van der Waals surface area contributed by atoms with E-state index in [-0.39, 0.29) is 24.8 Å². The standard InChI is InChI=1S/C14H16N2O3S2/c1-9(2-3-13(18)19)15-12(17)6-11-8-21-14(16-11)10-4-5-20-7-10/h4-5,7-9H,2-3,6H2,1H3,(H,15,17)(H,18,19). The van der Waals surface area contributed by atoms with Crippen LogP contribution >= 0.6 is 22.7 Å². The Morgan fingerprint density at radius 2 is 2.24 bits per heavy atom. The summed E-state index contributed by atoms with van der Waals surface area (Å²) in [5.41, 5.74) is 1.82. The predicted molar refractivity (Wildman–Crippen MR) is 83.6 cm³/mol. The van der Waals surface area contributed by atoms with E-state index < -0.39 is 5.97 Å². The first-order chi connectivity index (χ1) is 10.0. The number of amides is 1. The molecule has 0 aliphatic heterocycles. The molecule has 5 nitrogen and oxygen atoms in total. The number of aromatic nitrogens is 1. The van der Waals surface area contributed by atoms with Gasteiger partial charge < -0.3 is 10.4 Å². The van der Waals surface area contributed by atoms with Crippen LogP contribution in [0, 0.1) is 0 Å². The van der Waals surface area contributed by atoms with Gasteiger partial charge in [-0.3, -0.25) is 9.59 Å². The molecule has 0 aromatic carbocycles. The first kappa shape index (κ1) is 15.7. The van der Waals surface area contributed by atoms with Crippen LogP contribution in [0.25, 0.3) is 10.6 Å². The lowest BCUT2D eigenvalue weighted by Crippen LogP contribution is -2.34. The zero-order valence-corrected chi connectivity index (χ0v) is 13.2. The summed E-state index contributed by atoms with van der Waals surface area (Å²) in [6, 6.07) is 1.85. The maximum absolute atomic E-state index is 11.9. The van der Waals surface area contributed by atoms with Gasteiger partial charge in [-0.15, -0.1) is 11.3 Å². The highest BCUT2D eigenvalue weighted by Crippen LogP contribution is 2.25. The molecule has 0 fully saturated rings. The van der Waals surface area contributed by atoms with Crippen LogP contribution in [0.4, 0.5) is 0 Å². The molecule has 0 aliphatic rings. The van der Waals surface area contributed by atoms with Gasteiger partial charge >= 0.3 is 5.97 Å². The van der Waals surface area contributed by atoms with Gasteiger partial charge in [-0.2, -0.15) is 11.3 Å². The zero-order valence-electron chi connectivity index (χ0n) is 11.5. The fourth-order valence-electron chi connectivity index (χ4n) is 1.81. The molecular formula is C14H16N2O3S2. The van der Waals surface area contributed by atoms with E-state index in [1.165, 1.54) is 11.3 Å². The maximum Gasteiger partial charge on any atom is 0.303 e. The topological polar surface area (TPSA) is 79.3 Å². The molecule has 1 unspecified atom stereocenters. The Morgan fingerprint density at radius 3 is 2.90 bits per heavy atom. The highest BCUT2D eigenvalue weighted by atomic mass is 32.1. The maximum atomic E-state index is 11.9. The summed E-state index contributed by atoms with van der Waals surface area (Å²) in [6.07, 6.45) is 0.705. The molecule has 1 amide bonds. The number of carboxylic acids is 1. The highest BCUT2D eigenvalue weighted by molar-refractivity contribution is 7.14. The fraction of sp³-hybridized carbons (Fsp3) is 0.357. The summed E-state index contributed by atoms with van der Waals surface area (Å²) >= 11 is 3.13. The average Bonchev–Trinajstić information content (AvgIpc) is 3.06. The number of thiophene rings is 1. The second-order valence-corrected chi connectivity index (χ2v) is 6.37. The Morgan fingerprint density at radius 1 is 1.43 bits per heavy atom. The molecule has 2 aromatic heterocycles. The molecule has 7 heteroatoms. The summed E-state index contributed by atoms with van der Waals surface area (Å²) in [4.78, 5) is 26.8. The average molecular weight is 324 g/mol. The second-order valence-electron chi connectivity index (χ2n) is 4.73. The summed E-state index contributed by atoms with van der Waals surface area (Å²) in [6.45, 7) is 1.80. The summed E-state index contributed by atoms with van der Waals surface area (Å²) in [5.74, 6) is -0.980. The number of carbonyl (C=O) groups excluding carboxylic acids is 1. The molecular weight excluding hydrogens is 308 g/mol. The fourth-order valence-corrected chi connectivity index (χ4v) is 3.34. The summed E-state index contributed by atoms with van der Waals surface area (Å²) in [5, 5.41) is 18.2. The SMILES string of the molecule is CC(CCC(=O)O)NC(=O)Cc1csc(-c2ccsc2)n1. The van der Waals surface area contributed by atoms with Crippen molar-refractivity contribution in [1.29, 1.82) is 0 Å². The molecule has 2 rings (SSSR count). The lowest BCUT2D eigenvalue weighted by Gasteiger charge is -2.11. The van der Waals surface area contributed by atoms with E-state index in [9.17, 15) is 9.59 Å². The number of hydrogen-bond donors (Lipinski definition) is 2. The third-order valence-electron chi connectivity index (χ3n) is 2.86. The first-order valence-electron chi connectivity index (χ1n) is 6.52. The molecule has 0 bridgehead atoms. The third-order valence-corrected chi connectivity index (χ3v) is 4.48. The van der Waals surface area contributed by atoms with Gasteiger partial charge in [0.05, 0.1) is 12.1 Å². The van der Waals surface area contributed by atoms with Crippen molar-refractivity contribution in [3.8, 4) is 10.6 Å². The van der Waals surface area contributed by atoms with Gasteiger partial charge in [-0.25, -0.2) is 4.98 Å². The number of carboxylic acid groups (broad SMARTS) is 1. The van der Waals surface area contributed by atoms with Crippen molar-refractivity contribution in [2.24, 2.45) is 0 Å². The number of carbonyl (C=O) groups is 2. The van der Waals surface area contributed by atoms with Crippen molar-refractivity contribution >= 4 is 34.6 Å². The van der Waals surface area contributed by atoms with Gasteiger partial charge in [-0.05, 0) is 24.8 Å². The molecule has 112 valence electrons. The van der Waals surface area contributed by atoms with Crippen LogP contribution in [0.3, 0.4) is 0 Å². The second kappa shape index (κ2) is 7.33. The van der Waals surface area contributed by atoms with E-state index in [0.29, 0.717) is 6.42 Å². The zero-order chi connectivity index (χ0) is 15.2. The van der Waals surface area contributed by atoms with Crippen molar-refractivity contribution in [1.82, 2.24) is 10.3 Å². The number of nitrogens with one attached hydrogen (secondary N) is 1. The van der Waals surface area contributed by atoms with Crippen LogP contribution < -0.4 is 5.32 Å². The number of thiazole rings is 1. The highest BCUT2D eigenvalue weighted by Gasteiger charge is 2.12. The molecule has 0 saturated heterocycles. The quantitative estimate of drug-likeness (QED) is 0.821. The molecule has 0 spiro atoms. The lowest BCUT2D eigenvalue weighted by atomic mass is 10.2. The van der Waals surface area contributed by atoms with Crippen LogP contribution in [0.2, 0.25) is 0 Å². The molecule has 21 heavy (non-hydrogen) atoms. The minimum absolute atomic E-state index is 0.0560. The smallest absolute Gasteiger partial charge is 0.303 e. The van der Waals surface area contributed by atoms with Crippen molar-refractivity contribution in [2.45, 2.75) is 32.2 Å². The minimum atomic E-state index is -0.851. The largest absolute Gasteiger partial charge is 0.481 e. The normalized spacial score (nSPS) is 12.0. The van der Waals surface area contributed by atoms with E-state index in [1.807, 2.05) is 22.2 Å². The molecule has 2 aromatic rings. The van der Waals surface area contributed by atoms with Gasteiger partial charge in [0, 0.05) is 28.8 Å². The van der Waals surface area contributed by atoms with Gasteiger partial charge in [0.15, 0.2) is 0 Å². The Kier molecular flexibility index (Phi) is 5.46. The van der Waals surface area contributed by atoms with E-state index in [1.54, 1.807) is 18.3 Å². The number of hydrogen-bond acceptors (Lipinski definition) is 5. The molecule has 2 N–H and O–H groups in total. The third kappa shape index (κ3) is 4.95. The first-order valence-corrected chi connectivity index (χ1v) is 8.35. The summed E-state index contributed by atoms with van der Waals surface area (Å²) in [7, 11) is 0. The van der Waals surface area contributed by atoms with E-state index in [0.717, 1.165) is 16.3 Å². The van der Waals surface area contributed by atoms with Gasteiger partial charge in [0.25, 0.3) is 0 Å². The summed E-state index contributed by atoms with van der Waals surface area (Å²) < 4.78 is 0. The number of aliphatic carboxylic acids is 1. The Balaban J connectivity index is 1.84. The van der Waals surface area contributed by atoms with Crippen molar-refractivity contribution < 1.29 is 14.7 Å². The van der Waals surface area contributed by atoms with E-state index in [4.69, 9.17) is 5.11 Å². The van der Waals surface area contributed by atoms with Gasteiger partial charge in [0.1, 0.15) is 5.01 Å². The van der Waals surface area contributed by atoms with Crippen LogP contribution in [0.5, 0.6) is 0 Å². The van der Waals surface area contributed by atoms with Gasteiger partial charge in [-0.1, -0.05) is 0 Å². The van der Waals surface area contributed by atoms with Crippen molar-refractivity contribution in [2.75, 3.05) is 0 Å². The van der Waals surface area contributed by atoms with Crippen LogP contribution in [-0.2, 0) is 16.0 Å². The number of nitrogens with zero attached hydrogens (tertiary/aromatic N) is 1. The minimum Gasteiger partial charge on any atom is -0.481 e. The van der Waals surface area contributed by atoms with Crippen LogP contribution in [0.15, 0.2) is 22.2 Å². The van der Waals surface area contributed by atoms with E-state index >= 15 is 0 Å². The van der Waals surface area contributed by atoms with Crippen LogP contribution in [-0.4, -0.2) is 28.0 Å². The molecule has 2 heterocycles. The lowest BCUT2D eigenvalue weighted by molar-refractivity contribution is -0.137.